The first kappa shape index (κ1) is 19.4. The molecule has 0 spiro atoms. The number of benzene rings is 3. The van der Waals surface area contributed by atoms with Crippen molar-refractivity contribution in [1.29, 1.82) is 0 Å². The van der Waals surface area contributed by atoms with Crippen LogP contribution in [0.4, 0.5) is 5.95 Å². The highest BCUT2D eigenvalue weighted by Gasteiger charge is 2.40. The van der Waals surface area contributed by atoms with Gasteiger partial charge in [0, 0.05) is 16.7 Å². The molecule has 0 saturated heterocycles. The topological polar surface area (TPSA) is 70.4 Å². The molecule has 2 aliphatic heterocycles. The number of nitrogens with zero attached hydrogens (tertiary/aromatic N) is 3. The van der Waals surface area contributed by atoms with Gasteiger partial charge in [-0.25, -0.2) is 4.68 Å². The van der Waals surface area contributed by atoms with Crippen LogP contribution in [-0.4, -0.2) is 29.0 Å². The van der Waals surface area contributed by atoms with Crippen LogP contribution in [0, 0.1) is 0 Å². The molecule has 3 heterocycles. The number of anilines is 1. The normalized spacial score (nSPS) is 18.4. The van der Waals surface area contributed by atoms with Gasteiger partial charge in [0.05, 0.1) is 19.9 Å². The van der Waals surface area contributed by atoms with Crippen LogP contribution in [0.3, 0.4) is 0 Å². The lowest BCUT2D eigenvalue weighted by Gasteiger charge is -2.39. The Labute approximate surface area is 191 Å². The lowest BCUT2D eigenvalue weighted by Crippen LogP contribution is -2.32. The van der Waals surface area contributed by atoms with Gasteiger partial charge in [-0.3, -0.25) is 0 Å². The summed E-state index contributed by atoms with van der Waals surface area (Å²) in [6.45, 7) is 0. The van der Waals surface area contributed by atoms with E-state index in [4.69, 9.17) is 14.2 Å². The second-order valence-electron chi connectivity index (χ2n) is 7.93. The molecule has 4 aromatic rings. The molecule has 0 aliphatic carbocycles. The minimum atomic E-state index is -0.345. The Kier molecular flexibility index (Phi) is 4.54. The molecule has 2 atom stereocenters. The third-order valence-electron chi connectivity index (χ3n) is 6.15. The smallest absolute Gasteiger partial charge is 0.226 e. The summed E-state index contributed by atoms with van der Waals surface area (Å²) in [5.74, 6) is 3.09. The van der Waals surface area contributed by atoms with Crippen molar-refractivity contribution in [2.75, 3.05) is 19.5 Å². The molecule has 0 unspecified atom stereocenters. The van der Waals surface area contributed by atoms with Gasteiger partial charge < -0.3 is 19.5 Å². The van der Waals surface area contributed by atoms with Crippen molar-refractivity contribution >= 4 is 11.6 Å². The van der Waals surface area contributed by atoms with Crippen molar-refractivity contribution in [3.05, 3.63) is 101 Å². The maximum Gasteiger partial charge on any atom is 0.226 e. The van der Waals surface area contributed by atoms with Crippen LogP contribution in [0.15, 0.2) is 84.7 Å². The number of rotatable bonds is 4. The lowest BCUT2D eigenvalue weighted by molar-refractivity contribution is 0.222. The molecule has 0 radical (unpaired) electrons. The monoisotopic (exact) mass is 438 g/mol. The molecule has 0 fully saturated rings. The zero-order valence-electron chi connectivity index (χ0n) is 18.2. The predicted octanol–water partition coefficient (Wildman–Crippen LogP) is 4.86. The summed E-state index contributed by atoms with van der Waals surface area (Å²) in [6, 6.07) is 23.9. The van der Waals surface area contributed by atoms with Gasteiger partial charge in [0.25, 0.3) is 0 Å². The first-order chi connectivity index (χ1) is 16.3. The maximum absolute atomic E-state index is 6.64. The zero-order chi connectivity index (χ0) is 22.4. The van der Waals surface area contributed by atoms with E-state index in [1.165, 1.54) is 0 Å². The summed E-state index contributed by atoms with van der Waals surface area (Å²) in [4.78, 5) is 4.48. The molecule has 2 aliphatic rings. The number of hydrogen-bond acceptors (Lipinski definition) is 6. The Hall–Kier alpha value is -4.26. The van der Waals surface area contributed by atoms with Crippen molar-refractivity contribution in [3.8, 4) is 17.2 Å². The van der Waals surface area contributed by atoms with E-state index in [1.807, 2.05) is 53.2 Å². The van der Waals surface area contributed by atoms with Crippen LogP contribution in [0.2, 0.25) is 0 Å². The molecule has 33 heavy (non-hydrogen) atoms. The van der Waals surface area contributed by atoms with Crippen LogP contribution in [0.1, 0.15) is 28.8 Å². The molecule has 6 rings (SSSR count). The standard InChI is InChI=1S/C26H22N4O3/c1-31-18-12-10-16(11-13-18)24-22-23(29-26-27-15-28-30(24)26)20-8-3-4-9-21(20)33-25(22)17-6-5-7-19(14-17)32-2/h3-15,24-25H,1-2H3,(H,27,28,29)/t24-,25-/m1/s1. The second kappa shape index (κ2) is 7.70. The molecule has 164 valence electrons. The van der Waals surface area contributed by atoms with E-state index in [0.717, 1.165) is 45.2 Å². The average molecular weight is 438 g/mol. The van der Waals surface area contributed by atoms with E-state index in [9.17, 15) is 0 Å². The number of aromatic nitrogens is 3. The molecule has 3 aromatic carbocycles. The number of fused-ring (bicyclic) bond motifs is 3. The van der Waals surface area contributed by atoms with Crippen molar-refractivity contribution < 1.29 is 14.2 Å². The first-order valence-electron chi connectivity index (χ1n) is 10.7. The molecule has 0 bridgehead atoms. The average Bonchev–Trinajstić information content (AvgIpc) is 3.35. The van der Waals surface area contributed by atoms with Crippen LogP contribution < -0.4 is 19.5 Å². The van der Waals surface area contributed by atoms with Gasteiger partial charge in [0.1, 0.15) is 35.7 Å². The number of hydrogen-bond donors (Lipinski definition) is 1. The van der Waals surface area contributed by atoms with Gasteiger partial charge in [-0.1, -0.05) is 36.4 Å². The van der Waals surface area contributed by atoms with Crippen LogP contribution >= 0.6 is 0 Å². The molecule has 1 aromatic heterocycles. The predicted molar refractivity (Wildman–Crippen MR) is 125 cm³/mol. The highest BCUT2D eigenvalue weighted by Crippen LogP contribution is 2.50. The number of methoxy groups -OCH3 is 2. The minimum Gasteiger partial charge on any atom is -0.497 e. The maximum atomic E-state index is 6.64. The summed E-state index contributed by atoms with van der Waals surface area (Å²) in [5, 5.41) is 8.08. The summed E-state index contributed by atoms with van der Waals surface area (Å²) >= 11 is 0. The number of nitrogens with one attached hydrogen (secondary N) is 1. The zero-order valence-corrected chi connectivity index (χ0v) is 18.2. The highest BCUT2D eigenvalue weighted by molar-refractivity contribution is 5.85. The Bertz CT molecular complexity index is 1360. The summed E-state index contributed by atoms with van der Waals surface area (Å²) in [7, 11) is 3.34. The fourth-order valence-electron chi connectivity index (χ4n) is 4.60. The van der Waals surface area contributed by atoms with Crippen molar-refractivity contribution in [2.24, 2.45) is 0 Å². The second-order valence-corrected chi connectivity index (χ2v) is 7.93. The third kappa shape index (κ3) is 3.12. The Morgan fingerprint density at radius 2 is 1.70 bits per heavy atom. The lowest BCUT2D eigenvalue weighted by atomic mass is 9.84. The van der Waals surface area contributed by atoms with Crippen molar-refractivity contribution in [2.45, 2.75) is 12.1 Å². The minimum absolute atomic E-state index is 0.214. The summed E-state index contributed by atoms with van der Waals surface area (Å²) in [5.41, 5.74) is 5.11. The molecular formula is C26H22N4O3. The Morgan fingerprint density at radius 1 is 0.879 bits per heavy atom. The fourth-order valence-corrected chi connectivity index (χ4v) is 4.60. The third-order valence-corrected chi connectivity index (χ3v) is 6.15. The van der Waals surface area contributed by atoms with E-state index >= 15 is 0 Å². The molecule has 0 amide bonds. The van der Waals surface area contributed by atoms with E-state index in [-0.39, 0.29) is 12.1 Å². The van der Waals surface area contributed by atoms with Gasteiger partial charge in [-0.2, -0.15) is 10.1 Å². The van der Waals surface area contributed by atoms with Gasteiger partial charge in [-0.05, 0) is 42.0 Å². The fraction of sp³-hybridized carbons (Fsp3) is 0.154. The van der Waals surface area contributed by atoms with Gasteiger partial charge in [0.2, 0.25) is 5.95 Å². The quantitative estimate of drug-likeness (QED) is 0.491. The number of para-hydroxylation sites is 1. The van der Waals surface area contributed by atoms with Crippen molar-refractivity contribution in [3.63, 3.8) is 0 Å². The highest BCUT2D eigenvalue weighted by atomic mass is 16.5. The van der Waals surface area contributed by atoms with Gasteiger partial charge in [-0.15, -0.1) is 0 Å². The van der Waals surface area contributed by atoms with E-state index in [2.05, 4.69) is 39.7 Å². The molecule has 7 heteroatoms. The molecule has 7 nitrogen and oxygen atoms in total. The first-order valence-corrected chi connectivity index (χ1v) is 10.7. The van der Waals surface area contributed by atoms with E-state index in [1.54, 1.807) is 20.5 Å². The van der Waals surface area contributed by atoms with Crippen LogP contribution in [0.25, 0.3) is 5.70 Å². The van der Waals surface area contributed by atoms with Crippen LogP contribution in [-0.2, 0) is 0 Å². The Morgan fingerprint density at radius 3 is 2.52 bits per heavy atom. The molecule has 1 N–H and O–H groups in total. The van der Waals surface area contributed by atoms with E-state index in [0.29, 0.717) is 5.95 Å². The van der Waals surface area contributed by atoms with E-state index < -0.39 is 0 Å². The van der Waals surface area contributed by atoms with Crippen molar-refractivity contribution in [1.82, 2.24) is 14.8 Å². The molecule has 0 saturated carbocycles. The summed E-state index contributed by atoms with van der Waals surface area (Å²) in [6.07, 6.45) is 1.23. The number of ether oxygens (including phenoxy) is 3. The molecular weight excluding hydrogens is 416 g/mol. The van der Waals surface area contributed by atoms with Gasteiger partial charge in [0.15, 0.2) is 0 Å². The SMILES string of the molecule is COc1ccc([C@@H]2C3=C(Nc4ncnn42)c2ccccc2O[C@@H]3c2cccc(OC)c2)cc1. The largest absolute Gasteiger partial charge is 0.497 e. The van der Waals surface area contributed by atoms with Crippen LogP contribution in [0.5, 0.6) is 17.2 Å². The van der Waals surface area contributed by atoms with Gasteiger partial charge >= 0.3 is 0 Å². The Balaban J connectivity index is 1.60. The summed E-state index contributed by atoms with van der Waals surface area (Å²) < 4.78 is 19.4.